The van der Waals surface area contributed by atoms with Gasteiger partial charge >= 0.3 is 0 Å². The number of ketones is 1. The van der Waals surface area contributed by atoms with Gasteiger partial charge in [0.05, 0.1) is 18.1 Å². The number of anilines is 3. The number of nitrogens with one attached hydrogen (secondary N) is 1. The monoisotopic (exact) mass is 473 g/mol. The maximum absolute atomic E-state index is 13.3. The first-order chi connectivity index (χ1) is 16.9. The molecule has 10 nitrogen and oxygen atoms in total. The van der Waals surface area contributed by atoms with Gasteiger partial charge in [0, 0.05) is 37.7 Å². The molecule has 0 bridgehead atoms. The minimum absolute atomic E-state index is 0.0385. The molecule has 5 rings (SSSR count). The van der Waals surface area contributed by atoms with Crippen LogP contribution in [0, 0.1) is 5.92 Å². The van der Waals surface area contributed by atoms with Crippen LogP contribution in [0.5, 0.6) is 0 Å². The minimum atomic E-state index is -0.739. The predicted molar refractivity (Wildman–Crippen MR) is 129 cm³/mol. The average molecular weight is 474 g/mol. The molecular formula is C25H27N7O3. The molecule has 180 valence electrons. The number of nitrogens with two attached hydrogens (primary N) is 1. The van der Waals surface area contributed by atoms with E-state index < -0.39 is 11.8 Å². The molecule has 1 aliphatic heterocycles. The molecule has 1 aromatic carbocycles. The van der Waals surface area contributed by atoms with E-state index in [9.17, 15) is 14.4 Å². The Balaban J connectivity index is 1.33. The highest BCUT2D eigenvalue weighted by atomic mass is 16.2. The van der Waals surface area contributed by atoms with Crippen molar-refractivity contribution in [1.29, 1.82) is 0 Å². The molecule has 1 saturated heterocycles. The largest absolute Gasteiger partial charge is 0.364 e. The number of primary amides is 1. The molecule has 0 radical (unpaired) electrons. The summed E-state index contributed by atoms with van der Waals surface area (Å²) in [7, 11) is 1.76. The zero-order chi connectivity index (χ0) is 24.5. The number of aryl methyl sites for hydroxylation is 1. The number of aromatic nitrogens is 4. The zero-order valence-electron chi connectivity index (χ0n) is 19.5. The summed E-state index contributed by atoms with van der Waals surface area (Å²) in [5.41, 5.74) is 7.94. The molecule has 2 aromatic heterocycles. The van der Waals surface area contributed by atoms with Crippen molar-refractivity contribution in [1.82, 2.24) is 19.7 Å². The Morgan fingerprint density at radius 2 is 1.91 bits per heavy atom. The normalized spacial score (nSPS) is 17.9. The van der Waals surface area contributed by atoms with Crippen molar-refractivity contribution in [2.75, 3.05) is 16.8 Å². The number of benzene rings is 1. The molecule has 2 aliphatic rings. The van der Waals surface area contributed by atoms with E-state index >= 15 is 0 Å². The topological polar surface area (TPSA) is 136 Å². The van der Waals surface area contributed by atoms with Crippen LogP contribution in [-0.2, 0) is 11.8 Å². The molecule has 1 aliphatic carbocycles. The zero-order valence-corrected chi connectivity index (χ0v) is 19.5. The number of amides is 2. The van der Waals surface area contributed by atoms with Crippen LogP contribution < -0.4 is 16.0 Å². The highest BCUT2D eigenvalue weighted by Gasteiger charge is 2.33. The highest BCUT2D eigenvalue weighted by Crippen LogP contribution is 2.40. The van der Waals surface area contributed by atoms with E-state index in [2.05, 4.69) is 20.4 Å². The summed E-state index contributed by atoms with van der Waals surface area (Å²) in [6, 6.07) is 7.77. The van der Waals surface area contributed by atoms with Crippen molar-refractivity contribution in [2.45, 2.75) is 38.0 Å². The van der Waals surface area contributed by atoms with Gasteiger partial charge in [-0.25, -0.2) is 9.97 Å². The van der Waals surface area contributed by atoms with Crippen LogP contribution in [0.15, 0.2) is 42.9 Å². The van der Waals surface area contributed by atoms with E-state index in [0.29, 0.717) is 36.0 Å². The Hall–Kier alpha value is -4.08. The lowest BCUT2D eigenvalue weighted by Crippen LogP contribution is -2.42. The Morgan fingerprint density at radius 1 is 1.14 bits per heavy atom. The molecule has 3 heterocycles. The SMILES string of the molecule is Cn1cc(Nc2nc(N3CCC[C@@H](CC(=O)c4ccc(C5CC5)cc4)C3=O)cnc2C(N)=O)cn1. The van der Waals surface area contributed by atoms with Gasteiger partial charge in [-0.15, -0.1) is 0 Å². The minimum Gasteiger partial charge on any atom is -0.364 e. The molecule has 35 heavy (non-hydrogen) atoms. The van der Waals surface area contributed by atoms with Crippen LogP contribution in [0.4, 0.5) is 17.3 Å². The van der Waals surface area contributed by atoms with Crippen molar-refractivity contribution < 1.29 is 14.4 Å². The lowest BCUT2D eigenvalue weighted by atomic mass is 9.90. The molecule has 0 spiro atoms. The molecule has 10 heteroatoms. The van der Waals surface area contributed by atoms with Gasteiger partial charge in [-0.2, -0.15) is 5.10 Å². The quantitative estimate of drug-likeness (QED) is 0.480. The maximum Gasteiger partial charge on any atom is 0.271 e. The van der Waals surface area contributed by atoms with Crippen LogP contribution in [0.25, 0.3) is 0 Å². The number of nitrogens with zero attached hydrogens (tertiary/aromatic N) is 5. The average Bonchev–Trinajstić information content (AvgIpc) is 3.62. The molecule has 3 aromatic rings. The van der Waals surface area contributed by atoms with Crippen LogP contribution in [0.1, 0.15) is 64.4 Å². The number of Topliss-reactive ketones (excluding diaryl/α,β-unsaturated/α-hetero) is 1. The van der Waals surface area contributed by atoms with Gasteiger partial charge in [0.1, 0.15) is 0 Å². The molecule has 0 unspecified atom stereocenters. The third kappa shape index (κ3) is 4.91. The fraction of sp³-hybridized carbons (Fsp3) is 0.360. The van der Waals surface area contributed by atoms with Gasteiger partial charge < -0.3 is 11.1 Å². The fourth-order valence-electron chi connectivity index (χ4n) is 4.47. The van der Waals surface area contributed by atoms with Gasteiger partial charge in [0.2, 0.25) is 5.91 Å². The number of carbonyl (C=O) groups excluding carboxylic acids is 3. The number of rotatable bonds is 8. The van der Waals surface area contributed by atoms with Gasteiger partial charge in [0.25, 0.3) is 5.91 Å². The number of hydrogen-bond acceptors (Lipinski definition) is 7. The second-order valence-electron chi connectivity index (χ2n) is 9.17. The summed E-state index contributed by atoms with van der Waals surface area (Å²) in [5.74, 6) is -0.313. The van der Waals surface area contributed by atoms with Crippen molar-refractivity contribution in [3.8, 4) is 0 Å². The second kappa shape index (κ2) is 9.28. The summed E-state index contributed by atoms with van der Waals surface area (Å²) in [6.45, 7) is 0.455. The summed E-state index contributed by atoms with van der Waals surface area (Å²) < 4.78 is 1.60. The van der Waals surface area contributed by atoms with Crippen LogP contribution in [0.3, 0.4) is 0 Å². The predicted octanol–water partition coefficient (Wildman–Crippen LogP) is 2.95. The van der Waals surface area contributed by atoms with E-state index in [1.165, 1.54) is 29.5 Å². The van der Waals surface area contributed by atoms with Gasteiger partial charge in [-0.05, 0) is 37.2 Å². The molecule has 2 fully saturated rings. The van der Waals surface area contributed by atoms with E-state index in [1.54, 1.807) is 24.1 Å². The van der Waals surface area contributed by atoms with Crippen LogP contribution in [0.2, 0.25) is 0 Å². The first-order valence-corrected chi connectivity index (χ1v) is 11.8. The smallest absolute Gasteiger partial charge is 0.271 e. The molecular weight excluding hydrogens is 446 g/mol. The summed E-state index contributed by atoms with van der Waals surface area (Å²) >= 11 is 0. The van der Waals surface area contributed by atoms with E-state index in [4.69, 9.17) is 5.73 Å². The molecule has 3 N–H and O–H groups in total. The van der Waals surface area contributed by atoms with Crippen molar-refractivity contribution in [3.05, 3.63) is 59.7 Å². The molecule has 1 atom stereocenters. The Kier molecular flexibility index (Phi) is 6.02. The van der Waals surface area contributed by atoms with Gasteiger partial charge in [-0.1, -0.05) is 24.3 Å². The lowest BCUT2D eigenvalue weighted by Gasteiger charge is -2.31. The van der Waals surface area contributed by atoms with Gasteiger partial charge in [0.15, 0.2) is 23.1 Å². The number of hydrogen-bond donors (Lipinski definition) is 2. The Morgan fingerprint density at radius 3 is 2.57 bits per heavy atom. The summed E-state index contributed by atoms with van der Waals surface area (Å²) in [5, 5.41) is 7.08. The van der Waals surface area contributed by atoms with Crippen molar-refractivity contribution >= 4 is 34.9 Å². The molecule has 2 amide bonds. The molecule has 1 saturated carbocycles. The number of piperidine rings is 1. The van der Waals surface area contributed by atoms with E-state index in [0.717, 1.165) is 6.42 Å². The van der Waals surface area contributed by atoms with E-state index in [-0.39, 0.29) is 29.6 Å². The third-order valence-corrected chi connectivity index (χ3v) is 6.50. The maximum atomic E-state index is 13.3. The highest BCUT2D eigenvalue weighted by molar-refractivity contribution is 6.02. The number of carbonyl (C=O) groups is 3. The third-order valence-electron chi connectivity index (χ3n) is 6.50. The Bertz CT molecular complexity index is 1280. The van der Waals surface area contributed by atoms with Crippen molar-refractivity contribution in [2.24, 2.45) is 18.7 Å². The van der Waals surface area contributed by atoms with Crippen LogP contribution in [-0.4, -0.2) is 43.9 Å². The second-order valence-corrected chi connectivity index (χ2v) is 9.17. The summed E-state index contributed by atoms with van der Waals surface area (Å²) in [4.78, 5) is 48.3. The fourth-order valence-corrected chi connectivity index (χ4v) is 4.47. The first-order valence-electron chi connectivity index (χ1n) is 11.8. The van der Waals surface area contributed by atoms with Gasteiger partial charge in [-0.3, -0.25) is 24.0 Å². The summed E-state index contributed by atoms with van der Waals surface area (Å²) in [6.07, 6.45) is 8.58. The van der Waals surface area contributed by atoms with E-state index in [1.807, 2.05) is 24.3 Å². The standard InChI is InChI=1S/C25H27N7O3/c1-31-14-19(12-28-31)29-24-22(23(26)34)27-13-21(30-24)32-10-2-3-18(25(32)35)11-20(33)17-8-6-16(7-9-17)15-4-5-15/h6-9,12-15,18H,2-5,10-11H2,1H3,(H2,26,34)(H,29,30)/t18-/m0/s1. The Labute approximate surface area is 202 Å². The first kappa shape index (κ1) is 22.7. The van der Waals surface area contributed by atoms with Crippen molar-refractivity contribution in [3.63, 3.8) is 0 Å². The van der Waals surface area contributed by atoms with Crippen LogP contribution >= 0.6 is 0 Å². The lowest BCUT2D eigenvalue weighted by molar-refractivity contribution is -0.123.